The lowest BCUT2D eigenvalue weighted by Crippen LogP contribution is -2.51. The van der Waals surface area contributed by atoms with Gasteiger partial charge in [0.2, 0.25) is 10.0 Å². The maximum absolute atomic E-state index is 13.0. The van der Waals surface area contributed by atoms with E-state index in [-0.39, 0.29) is 17.2 Å². The van der Waals surface area contributed by atoms with Crippen molar-refractivity contribution in [2.75, 3.05) is 26.2 Å². The number of likely N-dealkylation sites (tertiary alicyclic amines) is 1. The number of aliphatic hydroxyl groups is 1. The van der Waals surface area contributed by atoms with Crippen LogP contribution in [0.2, 0.25) is 0 Å². The zero-order valence-electron chi connectivity index (χ0n) is 18.6. The Bertz CT molecular complexity index is 1420. The molecule has 5 rings (SSSR count). The summed E-state index contributed by atoms with van der Waals surface area (Å²) in [5.41, 5.74) is 0.685. The van der Waals surface area contributed by atoms with Crippen molar-refractivity contribution >= 4 is 31.8 Å². The van der Waals surface area contributed by atoms with Crippen molar-refractivity contribution in [3.8, 4) is 5.75 Å². The number of hydrogen-bond donors (Lipinski definition) is 3. The van der Waals surface area contributed by atoms with Gasteiger partial charge in [-0.2, -0.15) is 0 Å². The number of phenols is 1. The molecule has 0 saturated carbocycles. The second kappa shape index (κ2) is 8.99. The molecule has 178 valence electrons. The maximum atomic E-state index is 13.0. The number of nitrogens with one attached hydrogen (secondary N) is 1. The number of aromatic hydroxyl groups is 1. The van der Waals surface area contributed by atoms with Gasteiger partial charge in [-0.1, -0.05) is 12.1 Å². The minimum absolute atomic E-state index is 0.0315. The molecule has 0 unspecified atom stereocenters. The van der Waals surface area contributed by atoms with Crippen molar-refractivity contribution in [3.05, 3.63) is 66.7 Å². The number of hydrogen-bond acceptors (Lipinski definition) is 7. The lowest BCUT2D eigenvalue weighted by molar-refractivity contribution is -0.0158. The highest BCUT2D eigenvalue weighted by molar-refractivity contribution is 7.89. The van der Waals surface area contributed by atoms with E-state index in [9.17, 15) is 18.6 Å². The summed E-state index contributed by atoms with van der Waals surface area (Å²) >= 11 is 0. The fourth-order valence-corrected chi connectivity index (χ4v) is 5.89. The van der Waals surface area contributed by atoms with E-state index < -0.39 is 15.6 Å². The normalized spacial score (nSPS) is 16.9. The third-order valence-corrected chi connectivity index (χ3v) is 8.10. The third kappa shape index (κ3) is 4.65. The molecule has 0 spiro atoms. The molecule has 0 amide bonds. The number of furan rings is 1. The second-order valence-electron chi connectivity index (χ2n) is 8.93. The number of aromatic nitrogens is 1. The summed E-state index contributed by atoms with van der Waals surface area (Å²) in [5.74, 6) is 0.209. The Kier molecular flexibility index (Phi) is 6.03. The van der Waals surface area contributed by atoms with Crippen LogP contribution in [0.3, 0.4) is 0 Å². The van der Waals surface area contributed by atoms with Gasteiger partial charge in [0.05, 0.1) is 16.8 Å². The number of nitrogens with zero attached hydrogens (tertiary/aromatic N) is 2. The van der Waals surface area contributed by atoms with E-state index in [1.807, 2.05) is 6.07 Å². The Morgan fingerprint density at radius 1 is 1.12 bits per heavy atom. The van der Waals surface area contributed by atoms with Crippen LogP contribution in [0.5, 0.6) is 5.75 Å². The maximum Gasteiger partial charge on any atom is 0.241 e. The van der Waals surface area contributed by atoms with Crippen LogP contribution in [0.15, 0.2) is 70.4 Å². The second-order valence-corrected chi connectivity index (χ2v) is 10.7. The van der Waals surface area contributed by atoms with Crippen molar-refractivity contribution in [1.82, 2.24) is 14.6 Å². The largest absolute Gasteiger partial charge is 0.508 e. The topological polar surface area (TPSA) is 116 Å². The molecule has 1 saturated heterocycles. The standard InChI is InChI=1S/C25H27N3O5S/c29-20-4-5-23-22(14-20)19(16-33-23)7-11-28-12-8-25(30,9-13-28)17-27-34(31,32)24-3-1-2-18-15-26-10-6-21(18)24/h1-6,10,14-16,27,29-30H,7-9,11-13,17H2. The fraction of sp³-hybridized carbons (Fsp3) is 0.320. The number of phenolic OH excluding ortho intramolecular Hbond substituents is 1. The molecular weight excluding hydrogens is 454 g/mol. The van der Waals surface area contributed by atoms with Crippen molar-refractivity contribution in [2.45, 2.75) is 29.8 Å². The number of piperidine rings is 1. The van der Waals surface area contributed by atoms with Gasteiger partial charge in [0.25, 0.3) is 0 Å². The number of benzene rings is 2. The smallest absolute Gasteiger partial charge is 0.241 e. The third-order valence-electron chi connectivity index (χ3n) is 6.64. The summed E-state index contributed by atoms with van der Waals surface area (Å²) in [7, 11) is -3.78. The van der Waals surface area contributed by atoms with Gasteiger partial charge in [-0.05, 0) is 55.2 Å². The first kappa shape index (κ1) is 22.8. The van der Waals surface area contributed by atoms with E-state index in [2.05, 4.69) is 14.6 Å². The lowest BCUT2D eigenvalue weighted by atomic mass is 9.91. The Morgan fingerprint density at radius 2 is 1.94 bits per heavy atom. The van der Waals surface area contributed by atoms with E-state index in [0.29, 0.717) is 31.3 Å². The van der Waals surface area contributed by atoms with Crippen LogP contribution in [0, 0.1) is 0 Å². The van der Waals surface area contributed by atoms with Crippen LogP contribution in [-0.2, 0) is 16.4 Å². The van der Waals surface area contributed by atoms with E-state index in [4.69, 9.17) is 4.42 Å². The van der Waals surface area contributed by atoms with Crippen molar-refractivity contribution < 1.29 is 23.0 Å². The number of fused-ring (bicyclic) bond motifs is 2. The Morgan fingerprint density at radius 3 is 2.76 bits per heavy atom. The highest BCUT2D eigenvalue weighted by atomic mass is 32.2. The van der Waals surface area contributed by atoms with Crippen LogP contribution >= 0.6 is 0 Å². The molecule has 4 aromatic rings. The summed E-state index contributed by atoms with van der Waals surface area (Å²) in [6, 6.07) is 11.8. The summed E-state index contributed by atoms with van der Waals surface area (Å²) < 4.78 is 34.1. The van der Waals surface area contributed by atoms with Crippen LogP contribution < -0.4 is 4.72 Å². The molecule has 0 radical (unpaired) electrons. The van der Waals surface area contributed by atoms with Crippen LogP contribution in [0.4, 0.5) is 0 Å². The van der Waals surface area contributed by atoms with Gasteiger partial charge < -0.3 is 19.5 Å². The van der Waals surface area contributed by atoms with Gasteiger partial charge in [-0.25, -0.2) is 13.1 Å². The molecule has 34 heavy (non-hydrogen) atoms. The molecule has 0 bridgehead atoms. The highest BCUT2D eigenvalue weighted by Gasteiger charge is 2.34. The van der Waals surface area contributed by atoms with E-state index in [0.717, 1.165) is 34.9 Å². The van der Waals surface area contributed by atoms with Gasteiger partial charge in [0.15, 0.2) is 0 Å². The molecule has 0 aliphatic carbocycles. The van der Waals surface area contributed by atoms with Crippen molar-refractivity contribution in [1.29, 1.82) is 0 Å². The SMILES string of the molecule is O=S(=O)(NCC1(O)CCN(CCc2coc3ccc(O)cc23)CC1)c1cccc2cnccc12. The molecule has 1 aliphatic heterocycles. The Balaban J connectivity index is 1.18. The predicted molar refractivity (Wildman–Crippen MR) is 129 cm³/mol. The first-order valence-corrected chi connectivity index (χ1v) is 12.8. The minimum Gasteiger partial charge on any atom is -0.508 e. The number of sulfonamides is 1. The van der Waals surface area contributed by atoms with Crippen LogP contribution in [0.1, 0.15) is 18.4 Å². The van der Waals surface area contributed by atoms with Gasteiger partial charge in [-0.15, -0.1) is 0 Å². The van der Waals surface area contributed by atoms with Gasteiger partial charge >= 0.3 is 0 Å². The highest BCUT2D eigenvalue weighted by Crippen LogP contribution is 2.27. The molecule has 3 N–H and O–H groups in total. The number of rotatable bonds is 7. The van der Waals surface area contributed by atoms with Crippen molar-refractivity contribution in [2.24, 2.45) is 0 Å². The van der Waals surface area contributed by atoms with E-state index in [1.165, 1.54) is 0 Å². The lowest BCUT2D eigenvalue weighted by Gasteiger charge is -2.38. The Labute approximate surface area is 197 Å². The van der Waals surface area contributed by atoms with Gasteiger partial charge in [0, 0.05) is 54.7 Å². The minimum atomic E-state index is -3.78. The van der Waals surface area contributed by atoms with Gasteiger partial charge in [-0.3, -0.25) is 4.98 Å². The zero-order valence-corrected chi connectivity index (χ0v) is 19.5. The average molecular weight is 482 g/mol. The summed E-state index contributed by atoms with van der Waals surface area (Å²) in [5, 5.41) is 23.0. The molecular formula is C25H27N3O5S. The molecule has 2 aromatic heterocycles. The summed E-state index contributed by atoms with van der Waals surface area (Å²) in [6.45, 7) is 2.09. The van der Waals surface area contributed by atoms with Gasteiger partial charge in [0.1, 0.15) is 11.3 Å². The molecule has 0 atom stereocenters. The number of pyridine rings is 1. The molecule has 9 heteroatoms. The quantitative estimate of drug-likeness (QED) is 0.372. The zero-order chi connectivity index (χ0) is 23.8. The van der Waals surface area contributed by atoms with Crippen molar-refractivity contribution in [3.63, 3.8) is 0 Å². The van der Waals surface area contributed by atoms with E-state index in [1.54, 1.807) is 55.1 Å². The van der Waals surface area contributed by atoms with Crippen LogP contribution in [0.25, 0.3) is 21.7 Å². The summed E-state index contributed by atoms with van der Waals surface area (Å²) in [4.78, 5) is 6.49. The average Bonchev–Trinajstić information content (AvgIpc) is 3.24. The fourth-order valence-electron chi connectivity index (χ4n) is 4.55. The molecule has 2 aromatic carbocycles. The molecule has 1 fully saturated rings. The first-order valence-electron chi connectivity index (χ1n) is 11.3. The van der Waals surface area contributed by atoms with Crippen LogP contribution in [-0.4, -0.2) is 60.3 Å². The molecule has 1 aliphatic rings. The monoisotopic (exact) mass is 481 g/mol. The predicted octanol–water partition coefficient (Wildman–Crippen LogP) is 3.03. The molecule has 3 heterocycles. The van der Waals surface area contributed by atoms with E-state index >= 15 is 0 Å². The molecule has 8 nitrogen and oxygen atoms in total. The summed E-state index contributed by atoms with van der Waals surface area (Å²) in [6.07, 6.45) is 6.64. The Hall–Kier alpha value is -2.98. The first-order chi connectivity index (χ1) is 16.3.